The molecule has 1 aliphatic heterocycles. The molecule has 3 rings (SSSR count). The van der Waals surface area contributed by atoms with Crippen LogP contribution in [0.1, 0.15) is 16.1 Å². The van der Waals surface area contributed by atoms with Gasteiger partial charge in [-0.05, 0) is 36.2 Å². The fraction of sp³-hybridized carbons (Fsp3) is 0.250. The maximum Gasteiger partial charge on any atom is 0.279 e. The highest BCUT2D eigenvalue weighted by atomic mass is 32.2. The third kappa shape index (κ3) is 4.23. The van der Waals surface area contributed by atoms with Gasteiger partial charge in [0.25, 0.3) is 5.91 Å². The summed E-state index contributed by atoms with van der Waals surface area (Å²) < 4.78 is 35.7. The number of halogens is 1. The lowest BCUT2D eigenvalue weighted by Gasteiger charge is -2.09. The summed E-state index contributed by atoms with van der Waals surface area (Å²) in [4.78, 5) is 25.2. The van der Waals surface area contributed by atoms with Crippen LogP contribution < -0.4 is 10.9 Å². The molecule has 0 saturated carbocycles. The predicted molar refractivity (Wildman–Crippen MR) is 92.1 cm³/mol. The molecular formula is C16H15FN2O4S2. The van der Waals surface area contributed by atoms with Gasteiger partial charge in [-0.1, -0.05) is 12.1 Å². The van der Waals surface area contributed by atoms with Crippen LogP contribution in [0.5, 0.6) is 0 Å². The Bertz CT molecular complexity index is 906. The van der Waals surface area contributed by atoms with Crippen LogP contribution in [0.25, 0.3) is 10.4 Å². The minimum absolute atomic E-state index is 0.00894. The van der Waals surface area contributed by atoms with Gasteiger partial charge < -0.3 is 0 Å². The van der Waals surface area contributed by atoms with Crippen LogP contribution in [0, 0.1) is 11.7 Å². The monoisotopic (exact) mass is 382 g/mol. The van der Waals surface area contributed by atoms with Gasteiger partial charge in [0.05, 0.1) is 22.3 Å². The van der Waals surface area contributed by atoms with Gasteiger partial charge in [0.1, 0.15) is 5.82 Å². The summed E-state index contributed by atoms with van der Waals surface area (Å²) >= 11 is 1.20. The highest BCUT2D eigenvalue weighted by Crippen LogP contribution is 2.28. The molecule has 2 aromatic rings. The molecule has 1 atom stereocenters. The second-order valence-electron chi connectivity index (χ2n) is 5.71. The molecule has 0 unspecified atom stereocenters. The lowest BCUT2D eigenvalue weighted by atomic mass is 10.1. The van der Waals surface area contributed by atoms with Gasteiger partial charge in [-0.25, -0.2) is 12.8 Å². The van der Waals surface area contributed by atoms with E-state index in [2.05, 4.69) is 10.9 Å². The molecule has 2 amide bonds. The Morgan fingerprint density at radius 2 is 1.80 bits per heavy atom. The summed E-state index contributed by atoms with van der Waals surface area (Å²) in [5.74, 6) is -2.18. The fourth-order valence-electron chi connectivity index (χ4n) is 2.51. The van der Waals surface area contributed by atoms with E-state index in [1.165, 1.54) is 23.5 Å². The number of rotatable bonds is 3. The molecule has 0 aliphatic carbocycles. The van der Waals surface area contributed by atoms with Crippen LogP contribution in [-0.2, 0) is 14.6 Å². The molecule has 0 bridgehead atoms. The number of thiophene rings is 1. The zero-order valence-electron chi connectivity index (χ0n) is 13.0. The molecule has 1 aromatic heterocycles. The number of amides is 2. The van der Waals surface area contributed by atoms with Crippen LogP contribution in [0.4, 0.5) is 4.39 Å². The zero-order chi connectivity index (χ0) is 18.0. The second-order valence-corrected chi connectivity index (χ2v) is 9.03. The first kappa shape index (κ1) is 17.6. The van der Waals surface area contributed by atoms with Crippen molar-refractivity contribution in [3.8, 4) is 10.4 Å². The number of nitrogens with one attached hydrogen (secondary N) is 2. The molecule has 1 saturated heterocycles. The third-order valence-corrected chi connectivity index (χ3v) is 6.76. The quantitative estimate of drug-likeness (QED) is 0.791. The number of carbonyl (C=O) groups is 2. The molecule has 2 heterocycles. The Hall–Kier alpha value is -2.26. The van der Waals surface area contributed by atoms with E-state index in [0.717, 1.165) is 10.4 Å². The summed E-state index contributed by atoms with van der Waals surface area (Å²) in [7, 11) is -3.16. The van der Waals surface area contributed by atoms with Crippen molar-refractivity contribution >= 4 is 33.0 Å². The molecule has 1 fully saturated rings. The Morgan fingerprint density at radius 3 is 2.44 bits per heavy atom. The summed E-state index contributed by atoms with van der Waals surface area (Å²) in [6.45, 7) is 0. The van der Waals surface area contributed by atoms with E-state index >= 15 is 0 Å². The first-order valence-corrected chi connectivity index (χ1v) is 10.1. The van der Waals surface area contributed by atoms with Crippen molar-refractivity contribution in [3.05, 3.63) is 47.1 Å². The lowest BCUT2D eigenvalue weighted by Crippen LogP contribution is -2.44. The molecule has 132 valence electrons. The van der Waals surface area contributed by atoms with Crippen molar-refractivity contribution in [3.63, 3.8) is 0 Å². The minimum Gasteiger partial charge on any atom is -0.273 e. The van der Waals surface area contributed by atoms with Crippen molar-refractivity contribution in [1.82, 2.24) is 10.9 Å². The van der Waals surface area contributed by atoms with Crippen molar-refractivity contribution < 1.29 is 22.4 Å². The van der Waals surface area contributed by atoms with Gasteiger partial charge in [-0.2, -0.15) is 0 Å². The van der Waals surface area contributed by atoms with Crippen LogP contribution in [0.15, 0.2) is 36.4 Å². The number of sulfone groups is 1. The molecule has 1 aliphatic rings. The van der Waals surface area contributed by atoms with E-state index in [4.69, 9.17) is 0 Å². The standard InChI is InChI=1S/C16H15FN2O4S2/c17-12-3-1-10(2-4-12)13-5-6-14(24-13)16(21)19-18-15(20)11-7-8-25(22,23)9-11/h1-6,11H,7-9H2,(H,18,20)(H,19,21)/t11-/m1/s1. The van der Waals surface area contributed by atoms with Gasteiger partial charge >= 0.3 is 0 Å². The summed E-state index contributed by atoms with van der Waals surface area (Å²) in [6.07, 6.45) is 0.262. The molecule has 0 spiro atoms. The normalized spacial score (nSPS) is 18.7. The smallest absolute Gasteiger partial charge is 0.273 e. The first-order chi connectivity index (χ1) is 11.8. The Kier molecular flexibility index (Phi) is 4.87. The maximum absolute atomic E-state index is 12.9. The summed E-state index contributed by atoms with van der Waals surface area (Å²) in [6, 6.07) is 9.24. The Balaban J connectivity index is 1.59. The van der Waals surface area contributed by atoms with Crippen LogP contribution in [0.2, 0.25) is 0 Å². The topological polar surface area (TPSA) is 92.3 Å². The van der Waals surface area contributed by atoms with Crippen molar-refractivity contribution in [2.45, 2.75) is 6.42 Å². The predicted octanol–water partition coefficient (Wildman–Crippen LogP) is 1.75. The second kappa shape index (κ2) is 6.93. The molecule has 6 nitrogen and oxygen atoms in total. The highest BCUT2D eigenvalue weighted by Gasteiger charge is 2.33. The zero-order valence-corrected chi connectivity index (χ0v) is 14.6. The molecule has 9 heteroatoms. The van der Waals surface area contributed by atoms with Crippen LogP contribution >= 0.6 is 11.3 Å². The van der Waals surface area contributed by atoms with Gasteiger partial charge in [-0.15, -0.1) is 11.3 Å². The fourth-order valence-corrected chi connectivity index (χ4v) is 5.16. The third-order valence-electron chi connectivity index (χ3n) is 3.86. The number of benzene rings is 1. The van der Waals surface area contributed by atoms with Gasteiger partial charge in [0, 0.05) is 4.88 Å². The summed E-state index contributed by atoms with van der Waals surface area (Å²) in [5.41, 5.74) is 5.35. The summed E-state index contributed by atoms with van der Waals surface area (Å²) in [5, 5.41) is 0. The van der Waals surface area contributed by atoms with E-state index in [-0.39, 0.29) is 23.7 Å². The van der Waals surface area contributed by atoms with Gasteiger partial charge in [0.2, 0.25) is 5.91 Å². The van der Waals surface area contributed by atoms with Crippen LogP contribution in [-0.4, -0.2) is 31.7 Å². The number of carbonyl (C=O) groups excluding carboxylic acids is 2. The molecule has 0 radical (unpaired) electrons. The van der Waals surface area contributed by atoms with E-state index in [0.29, 0.717) is 4.88 Å². The van der Waals surface area contributed by atoms with Gasteiger partial charge in [0.15, 0.2) is 9.84 Å². The average molecular weight is 382 g/mol. The Labute approximate surface area is 147 Å². The van der Waals surface area contributed by atoms with Crippen molar-refractivity contribution in [1.29, 1.82) is 0 Å². The van der Waals surface area contributed by atoms with E-state index in [1.54, 1.807) is 24.3 Å². The van der Waals surface area contributed by atoms with E-state index < -0.39 is 27.6 Å². The molecular weight excluding hydrogens is 367 g/mol. The highest BCUT2D eigenvalue weighted by molar-refractivity contribution is 7.91. The number of hydrogen-bond acceptors (Lipinski definition) is 5. The average Bonchev–Trinajstić information content (AvgIpc) is 3.20. The van der Waals surface area contributed by atoms with Crippen molar-refractivity contribution in [2.75, 3.05) is 11.5 Å². The van der Waals surface area contributed by atoms with Gasteiger partial charge in [-0.3, -0.25) is 20.4 Å². The van der Waals surface area contributed by atoms with Crippen LogP contribution in [0.3, 0.4) is 0 Å². The molecule has 25 heavy (non-hydrogen) atoms. The largest absolute Gasteiger partial charge is 0.279 e. The van der Waals surface area contributed by atoms with E-state index in [1.807, 2.05) is 0 Å². The lowest BCUT2D eigenvalue weighted by molar-refractivity contribution is -0.125. The van der Waals surface area contributed by atoms with E-state index in [9.17, 15) is 22.4 Å². The number of hydrogen-bond donors (Lipinski definition) is 2. The van der Waals surface area contributed by atoms with Crippen molar-refractivity contribution in [2.24, 2.45) is 5.92 Å². The molecule has 1 aromatic carbocycles. The first-order valence-electron chi connectivity index (χ1n) is 7.50. The SMILES string of the molecule is O=C(NNC(=O)[C@@H]1CCS(=O)(=O)C1)c1ccc(-c2ccc(F)cc2)s1. The molecule has 2 N–H and O–H groups in total. The number of hydrazine groups is 1. The Morgan fingerprint density at radius 1 is 1.08 bits per heavy atom. The maximum atomic E-state index is 12.9. The minimum atomic E-state index is -3.16.